The average Bonchev–Trinajstić information content (AvgIpc) is 2.62. The Morgan fingerprint density at radius 2 is 2.50 bits per heavy atom. The van der Waals surface area contributed by atoms with E-state index in [9.17, 15) is 4.79 Å². The fraction of sp³-hybridized carbons (Fsp3) is 0.889. The molecule has 0 amide bonds. The normalized spacial score (nSPS) is 26.6. The maximum Gasteiger partial charge on any atom is 0.324 e. The summed E-state index contributed by atoms with van der Waals surface area (Å²) < 4.78 is 5.16. The molecule has 1 unspecified atom stereocenters. The van der Waals surface area contributed by atoms with Gasteiger partial charge in [0, 0.05) is 18.9 Å². The van der Waals surface area contributed by atoms with Crippen molar-refractivity contribution in [1.29, 1.82) is 0 Å². The maximum absolute atomic E-state index is 11.1. The van der Waals surface area contributed by atoms with Gasteiger partial charge in [-0.3, -0.25) is 10.1 Å². The quantitative estimate of drug-likeness (QED) is 0.640. The molecule has 5 heteroatoms. The molecule has 0 bridgehead atoms. The van der Waals surface area contributed by atoms with Gasteiger partial charge in [0.15, 0.2) is 0 Å². The van der Waals surface area contributed by atoms with E-state index < -0.39 is 11.5 Å². The molecule has 1 aliphatic heterocycles. The molecule has 0 aromatic rings. The van der Waals surface area contributed by atoms with Crippen LogP contribution in [-0.2, 0) is 9.53 Å². The van der Waals surface area contributed by atoms with E-state index in [1.165, 1.54) is 0 Å². The summed E-state index contributed by atoms with van der Waals surface area (Å²) in [5.41, 5.74) is -0.707. The first-order chi connectivity index (χ1) is 6.71. The number of aliphatic carboxylic acids is 1. The van der Waals surface area contributed by atoms with Crippen molar-refractivity contribution in [2.75, 3.05) is 31.3 Å². The molecule has 0 aromatic heterocycles. The average molecular weight is 219 g/mol. The van der Waals surface area contributed by atoms with Crippen LogP contribution in [0.4, 0.5) is 0 Å². The number of rotatable bonds is 6. The molecule has 1 atom stereocenters. The molecule has 0 radical (unpaired) electrons. The number of carboxylic acids is 1. The van der Waals surface area contributed by atoms with E-state index in [4.69, 9.17) is 9.84 Å². The molecule has 0 saturated carbocycles. The number of carboxylic acid groups (broad SMARTS) is 1. The van der Waals surface area contributed by atoms with Crippen LogP contribution in [-0.4, -0.2) is 47.9 Å². The van der Waals surface area contributed by atoms with Crippen LogP contribution in [0.2, 0.25) is 0 Å². The molecule has 0 spiro atoms. The Hall–Kier alpha value is -0.260. The molecule has 14 heavy (non-hydrogen) atoms. The number of ether oxygens (including phenoxy) is 1. The summed E-state index contributed by atoms with van der Waals surface area (Å²) in [6.07, 6.45) is 0.707. The standard InChI is InChI=1S/C9H17NO3S/c1-2-13-5-4-10-9(8(11)12)3-6-14-7-9/h10H,2-7H2,1H3,(H,11,12). The smallest absolute Gasteiger partial charge is 0.324 e. The minimum atomic E-state index is -0.737. The SMILES string of the molecule is CCOCCNC1(C(=O)O)CCSC1. The molecule has 2 N–H and O–H groups in total. The molecule has 4 nitrogen and oxygen atoms in total. The van der Waals surface area contributed by atoms with Crippen molar-refractivity contribution in [2.45, 2.75) is 18.9 Å². The van der Waals surface area contributed by atoms with Gasteiger partial charge in [-0.05, 0) is 19.1 Å². The third-order valence-corrected chi connectivity index (χ3v) is 3.53. The number of hydrogen-bond acceptors (Lipinski definition) is 4. The largest absolute Gasteiger partial charge is 0.480 e. The molecule has 1 aliphatic rings. The highest BCUT2D eigenvalue weighted by Crippen LogP contribution is 2.27. The number of thioether (sulfide) groups is 1. The van der Waals surface area contributed by atoms with Crippen molar-refractivity contribution in [3.05, 3.63) is 0 Å². The zero-order chi connectivity index (χ0) is 10.4. The molecule has 0 aliphatic carbocycles. The highest BCUT2D eigenvalue weighted by atomic mass is 32.2. The molecule has 82 valence electrons. The first-order valence-corrected chi connectivity index (χ1v) is 6.00. The Labute approximate surface area is 88.4 Å². The van der Waals surface area contributed by atoms with Crippen molar-refractivity contribution in [3.8, 4) is 0 Å². The van der Waals surface area contributed by atoms with Gasteiger partial charge in [0.25, 0.3) is 0 Å². The lowest BCUT2D eigenvalue weighted by molar-refractivity contribution is -0.143. The van der Waals surface area contributed by atoms with E-state index in [0.717, 1.165) is 5.75 Å². The van der Waals surface area contributed by atoms with Crippen molar-refractivity contribution >= 4 is 17.7 Å². The lowest BCUT2D eigenvalue weighted by Crippen LogP contribution is -2.53. The molecular formula is C9H17NO3S. The molecule has 1 saturated heterocycles. The Kier molecular flexibility index (Phi) is 4.71. The predicted octanol–water partition coefficient (Wildman–Crippen LogP) is 0.573. The molecule has 0 aromatic carbocycles. The van der Waals surface area contributed by atoms with Gasteiger partial charge < -0.3 is 9.84 Å². The molecule has 1 rings (SSSR count). The second-order valence-corrected chi connectivity index (χ2v) is 4.42. The summed E-state index contributed by atoms with van der Waals surface area (Å²) in [5, 5.41) is 12.2. The van der Waals surface area contributed by atoms with Gasteiger partial charge in [-0.15, -0.1) is 0 Å². The van der Waals surface area contributed by atoms with E-state index in [-0.39, 0.29) is 0 Å². The fourth-order valence-corrected chi connectivity index (χ4v) is 2.81. The third-order valence-electron chi connectivity index (χ3n) is 2.34. The molecule has 1 fully saturated rings. The minimum absolute atomic E-state index is 0.580. The van der Waals surface area contributed by atoms with Crippen molar-refractivity contribution in [3.63, 3.8) is 0 Å². The van der Waals surface area contributed by atoms with Gasteiger partial charge in [-0.25, -0.2) is 0 Å². The van der Waals surface area contributed by atoms with E-state index >= 15 is 0 Å². The van der Waals surface area contributed by atoms with Gasteiger partial charge in [-0.2, -0.15) is 11.8 Å². The van der Waals surface area contributed by atoms with E-state index in [2.05, 4.69) is 5.32 Å². The lowest BCUT2D eigenvalue weighted by Gasteiger charge is -2.24. The summed E-state index contributed by atoms with van der Waals surface area (Å²) in [6.45, 7) is 3.80. The first kappa shape index (κ1) is 11.8. The third kappa shape index (κ3) is 2.87. The Morgan fingerprint density at radius 3 is 3.00 bits per heavy atom. The fourth-order valence-electron chi connectivity index (χ4n) is 1.46. The van der Waals surface area contributed by atoms with Gasteiger partial charge in [-0.1, -0.05) is 0 Å². The van der Waals surface area contributed by atoms with Crippen molar-refractivity contribution in [2.24, 2.45) is 0 Å². The summed E-state index contributed by atoms with van der Waals surface area (Å²) in [6, 6.07) is 0. The van der Waals surface area contributed by atoms with Crippen LogP contribution >= 0.6 is 11.8 Å². The van der Waals surface area contributed by atoms with Crippen LogP contribution in [0.25, 0.3) is 0 Å². The summed E-state index contributed by atoms with van der Waals surface area (Å²) in [7, 11) is 0. The number of carbonyl (C=O) groups is 1. The summed E-state index contributed by atoms with van der Waals surface area (Å²) in [4.78, 5) is 11.1. The second kappa shape index (κ2) is 5.58. The van der Waals surface area contributed by atoms with Crippen LogP contribution < -0.4 is 5.32 Å². The predicted molar refractivity (Wildman–Crippen MR) is 56.8 cm³/mol. The topological polar surface area (TPSA) is 58.6 Å². The monoisotopic (exact) mass is 219 g/mol. The second-order valence-electron chi connectivity index (χ2n) is 3.31. The van der Waals surface area contributed by atoms with Gasteiger partial charge >= 0.3 is 5.97 Å². The summed E-state index contributed by atoms with van der Waals surface area (Å²) in [5.74, 6) is 0.849. The first-order valence-electron chi connectivity index (χ1n) is 4.85. The number of nitrogens with one attached hydrogen (secondary N) is 1. The van der Waals surface area contributed by atoms with Crippen LogP contribution in [0, 0.1) is 0 Å². The molecular weight excluding hydrogens is 202 g/mol. The summed E-state index contributed by atoms with van der Waals surface area (Å²) >= 11 is 1.69. The molecule has 1 heterocycles. The Bertz CT molecular complexity index is 192. The van der Waals surface area contributed by atoms with Crippen LogP contribution in [0.1, 0.15) is 13.3 Å². The Morgan fingerprint density at radius 1 is 1.71 bits per heavy atom. The van der Waals surface area contributed by atoms with Crippen LogP contribution in [0.15, 0.2) is 0 Å². The zero-order valence-corrected chi connectivity index (χ0v) is 9.23. The maximum atomic E-state index is 11.1. The number of hydrogen-bond donors (Lipinski definition) is 2. The van der Waals surface area contributed by atoms with Crippen LogP contribution in [0.3, 0.4) is 0 Å². The van der Waals surface area contributed by atoms with Crippen LogP contribution in [0.5, 0.6) is 0 Å². The highest BCUT2D eigenvalue weighted by molar-refractivity contribution is 7.99. The minimum Gasteiger partial charge on any atom is -0.480 e. The van der Waals surface area contributed by atoms with E-state index in [1.807, 2.05) is 6.92 Å². The van der Waals surface area contributed by atoms with Gasteiger partial charge in [0.2, 0.25) is 0 Å². The lowest BCUT2D eigenvalue weighted by atomic mass is 9.99. The van der Waals surface area contributed by atoms with Crippen molar-refractivity contribution < 1.29 is 14.6 Å². The highest BCUT2D eigenvalue weighted by Gasteiger charge is 2.41. The van der Waals surface area contributed by atoms with E-state index in [1.54, 1.807) is 11.8 Å². The zero-order valence-electron chi connectivity index (χ0n) is 8.41. The Balaban J connectivity index is 2.33. The van der Waals surface area contributed by atoms with E-state index in [0.29, 0.717) is 31.9 Å². The van der Waals surface area contributed by atoms with Gasteiger partial charge in [0.1, 0.15) is 5.54 Å². The van der Waals surface area contributed by atoms with Gasteiger partial charge in [0.05, 0.1) is 6.61 Å². The van der Waals surface area contributed by atoms with Crippen molar-refractivity contribution in [1.82, 2.24) is 5.32 Å².